The molecular formula is C31H32F3N7OS2. The normalized spacial score (nSPS) is 14.2. The van der Waals surface area contributed by atoms with Crippen molar-refractivity contribution in [1.29, 1.82) is 0 Å². The second-order valence-electron chi connectivity index (χ2n) is 9.90. The van der Waals surface area contributed by atoms with Crippen LogP contribution in [0.1, 0.15) is 36.5 Å². The van der Waals surface area contributed by atoms with Crippen molar-refractivity contribution in [2.75, 3.05) is 24.2 Å². The number of alkyl halides is 3. The number of amidine groups is 1. The molecule has 0 spiro atoms. The summed E-state index contributed by atoms with van der Waals surface area (Å²) in [6.07, 6.45) is -1.63. The Morgan fingerprint density at radius 3 is 2.43 bits per heavy atom. The fourth-order valence-corrected chi connectivity index (χ4v) is 5.36. The lowest BCUT2D eigenvalue weighted by Gasteiger charge is -2.23. The number of thiocarbonyl (C=S) groups is 1. The molecule has 5 rings (SSSR count). The van der Waals surface area contributed by atoms with Gasteiger partial charge in [-0.05, 0) is 59.9 Å². The Labute approximate surface area is 264 Å². The van der Waals surface area contributed by atoms with Gasteiger partial charge in [-0.2, -0.15) is 5.10 Å². The van der Waals surface area contributed by atoms with Gasteiger partial charge < -0.3 is 9.64 Å². The molecule has 44 heavy (non-hydrogen) atoms. The lowest BCUT2D eigenvalue weighted by molar-refractivity contribution is -0.274. The Bertz CT molecular complexity index is 1600. The predicted octanol–water partition coefficient (Wildman–Crippen LogP) is 7.37. The van der Waals surface area contributed by atoms with E-state index >= 15 is 0 Å². The fourth-order valence-electron chi connectivity index (χ4n) is 4.37. The average Bonchev–Trinajstić information content (AvgIpc) is 3.68. The second kappa shape index (κ2) is 15.0. The molecule has 1 aromatic heterocycles. The van der Waals surface area contributed by atoms with E-state index in [0.717, 1.165) is 28.6 Å². The average molecular weight is 640 g/mol. The molecule has 1 saturated heterocycles. The Kier molecular flexibility index (Phi) is 11.1. The zero-order chi connectivity index (χ0) is 31.7. The minimum absolute atomic E-state index is 0.299. The number of rotatable bonds is 8. The van der Waals surface area contributed by atoms with Crippen LogP contribution in [0.2, 0.25) is 0 Å². The van der Waals surface area contributed by atoms with Gasteiger partial charge in [0.1, 0.15) is 12.1 Å². The molecule has 4 aromatic rings. The molecule has 0 saturated carbocycles. The van der Waals surface area contributed by atoms with Gasteiger partial charge in [0.05, 0.1) is 17.4 Å². The van der Waals surface area contributed by atoms with Crippen LogP contribution in [0, 0.1) is 6.92 Å². The van der Waals surface area contributed by atoms with Crippen molar-refractivity contribution in [2.24, 2.45) is 10.1 Å². The van der Waals surface area contributed by atoms with Gasteiger partial charge in [0.25, 0.3) is 0 Å². The first-order valence-electron chi connectivity index (χ1n) is 13.7. The van der Waals surface area contributed by atoms with Crippen LogP contribution in [0.4, 0.5) is 18.9 Å². The molecule has 1 aliphatic rings. The second-order valence-corrected chi connectivity index (χ2v) is 11.2. The summed E-state index contributed by atoms with van der Waals surface area (Å²) >= 11 is 6.45. The number of hydrazone groups is 1. The number of aryl methyl sites for hydroxylation is 1. The van der Waals surface area contributed by atoms with E-state index in [0.29, 0.717) is 17.4 Å². The largest absolute Gasteiger partial charge is 0.573 e. The summed E-state index contributed by atoms with van der Waals surface area (Å²) < 4.78 is 41.9. The smallest absolute Gasteiger partial charge is 0.406 e. The van der Waals surface area contributed by atoms with Gasteiger partial charge in [-0.3, -0.25) is 10.4 Å². The quantitative estimate of drug-likeness (QED) is 0.123. The molecule has 1 aliphatic heterocycles. The standard InChI is InChI=1S/C17H12F3N5OS.C14H20N2S/c18-17(19,20)26-15-7-5-14(6-8-15)25-10-21-16(24-25)13-3-1-12(2-4-13)9-22-23-11-27;1-10(2)12-6-5-11(3)9-13(12)16-7-8-17-14(16)15-4/h1-11H,(H,23,27);5-6,9-10H,7-8H2,1-4H3/b22-9+;. The summed E-state index contributed by atoms with van der Waals surface area (Å²) in [6.45, 7) is 7.72. The van der Waals surface area contributed by atoms with Crippen LogP contribution in [0.5, 0.6) is 5.75 Å². The summed E-state index contributed by atoms with van der Waals surface area (Å²) in [5.41, 5.74) is 10.1. The molecule has 0 atom stereocenters. The van der Waals surface area contributed by atoms with Crippen LogP contribution in [-0.2, 0) is 0 Å². The van der Waals surface area contributed by atoms with E-state index in [1.807, 2.05) is 43.1 Å². The van der Waals surface area contributed by atoms with E-state index in [1.54, 1.807) is 6.21 Å². The maximum absolute atomic E-state index is 12.2. The van der Waals surface area contributed by atoms with Gasteiger partial charge in [0.2, 0.25) is 0 Å². The highest BCUT2D eigenvalue weighted by molar-refractivity contribution is 8.14. The molecule has 230 valence electrons. The molecule has 1 N–H and O–H groups in total. The highest BCUT2D eigenvalue weighted by Crippen LogP contribution is 2.33. The van der Waals surface area contributed by atoms with Crippen molar-refractivity contribution in [3.63, 3.8) is 0 Å². The number of thioether (sulfide) groups is 1. The summed E-state index contributed by atoms with van der Waals surface area (Å²) in [7, 11) is 1.88. The summed E-state index contributed by atoms with van der Waals surface area (Å²) in [5.74, 6) is 1.87. The Balaban J connectivity index is 0.000000223. The zero-order valence-corrected chi connectivity index (χ0v) is 26.2. The number of aromatic nitrogens is 3. The zero-order valence-electron chi connectivity index (χ0n) is 24.6. The van der Waals surface area contributed by atoms with E-state index in [4.69, 9.17) is 0 Å². The van der Waals surface area contributed by atoms with Gasteiger partial charge in [0, 0.05) is 30.6 Å². The van der Waals surface area contributed by atoms with Gasteiger partial charge >= 0.3 is 6.36 Å². The molecule has 0 radical (unpaired) electrons. The lowest BCUT2D eigenvalue weighted by Crippen LogP contribution is -2.25. The topological polar surface area (TPSA) is 79.9 Å². The van der Waals surface area contributed by atoms with Gasteiger partial charge in [0.15, 0.2) is 11.0 Å². The van der Waals surface area contributed by atoms with Crippen LogP contribution in [0.25, 0.3) is 17.1 Å². The number of anilines is 1. The Hall–Kier alpha value is -4.23. The van der Waals surface area contributed by atoms with E-state index in [1.165, 1.54) is 57.6 Å². The molecule has 0 aliphatic carbocycles. The van der Waals surface area contributed by atoms with Crippen LogP contribution in [-0.4, -0.2) is 57.3 Å². The monoisotopic (exact) mass is 639 g/mol. The number of halogens is 3. The van der Waals surface area contributed by atoms with E-state index in [-0.39, 0.29) is 5.75 Å². The number of aliphatic imine (C=N–C) groups is 1. The van der Waals surface area contributed by atoms with Crippen molar-refractivity contribution in [3.8, 4) is 22.8 Å². The van der Waals surface area contributed by atoms with Crippen molar-refractivity contribution in [2.45, 2.75) is 33.1 Å². The molecule has 8 nitrogen and oxygen atoms in total. The molecule has 0 amide bonds. The third-order valence-corrected chi connectivity index (χ3v) is 7.56. The van der Waals surface area contributed by atoms with Gasteiger partial charge in [-0.15, -0.1) is 18.3 Å². The predicted molar refractivity (Wildman–Crippen MR) is 176 cm³/mol. The van der Waals surface area contributed by atoms with Crippen LogP contribution < -0.4 is 15.1 Å². The molecule has 13 heteroatoms. The minimum atomic E-state index is -4.72. The number of benzene rings is 3. The summed E-state index contributed by atoms with van der Waals surface area (Å²) in [5, 5.41) is 9.37. The van der Waals surface area contributed by atoms with Gasteiger partial charge in [-0.1, -0.05) is 74.2 Å². The Morgan fingerprint density at radius 1 is 1.07 bits per heavy atom. The first-order chi connectivity index (χ1) is 21.1. The maximum Gasteiger partial charge on any atom is 0.573 e. The fraction of sp³-hybridized carbons (Fsp3) is 0.258. The number of ether oxygens (including phenoxy) is 1. The maximum atomic E-state index is 12.2. The highest BCUT2D eigenvalue weighted by Gasteiger charge is 2.31. The van der Waals surface area contributed by atoms with Crippen molar-refractivity contribution in [3.05, 3.63) is 89.7 Å². The first-order valence-corrected chi connectivity index (χ1v) is 15.1. The molecule has 2 heterocycles. The summed E-state index contributed by atoms with van der Waals surface area (Å²) in [4.78, 5) is 11.0. The minimum Gasteiger partial charge on any atom is -0.406 e. The van der Waals surface area contributed by atoms with Gasteiger partial charge in [-0.25, -0.2) is 9.67 Å². The SMILES string of the molecule is CN=C1SCCN1c1cc(C)ccc1C(C)C.FC(F)(F)Oc1ccc(-n2cnc(-c3ccc(/C=N/NC=S)cc3)n2)cc1. The first kappa shape index (κ1) is 32.7. The number of hydrogen-bond acceptors (Lipinski definition) is 7. The third kappa shape index (κ3) is 8.89. The number of nitrogens with one attached hydrogen (secondary N) is 1. The number of nitrogens with zero attached hydrogens (tertiary/aromatic N) is 6. The molecule has 3 aromatic carbocycles. The third-order valence-electron chi connectivity index (χ3n) is 6.40. The van der Waals surface area contributed by atoms with Crippen molar-refractivity contribution in [1.82, 2.24) is 20.2 Å². The molecule has 0 bridgehead atoms. The van der Waals surface area contributed by atoms with E-state index in [9.17, 15) is 13.2 Å². The number of hydrogen-bond donors (Lipinski definition) is 1. The van der Waals surface area contributed by atoms with E-state index < -0.39 is 6.36 Å². The van der Waals surface area contributed by atoms with Crippen molar-refractivity contribution < 1.29 is 17.9 Å². The van der Waals surface area contributed by atoms with Crippen molar-refractivity contribution >= 4 is 46.5 Å². The highest BCUT2D eigenvalue weighted by atomic mass is 32.2. The Morgan fingerprint density at radius 2 is 1.80 bits per heavy atom. The lowest BCUT2D eigenvalue weighted by atomic mass is 9.99. The summed E-state index contributed by atoms with van der Waals surface area (Å²) in [6, 6.07) is 19.4. The van der Waals surface area contributed by atoms with Crippen LogP contribution in [0.15, 0.2) is 83.2 Å². The molecule has 1 fully saturated rings. The van der Waals surface area contributed by atoms with E-state index in [2.05, 4.69) is 86.4 Å². The van der Waals surface area contributed by atoms with Crippen LogP contribution >= 0.6 is 24.0 Å². The van der Waals surface area contributed by atoms with Crippen LogP contribution in [0.3, 0.4) is 0 Å². The molecule has 0 unspecified atom stereocenters. The molecular weight excluding hydrogens is 608 g/mol.